The summed E-state index contributed by atoms with van der Waals surface area (Å²) in [5, 5.41) is 5.69. The Balaban J connectivity index is 1.08. The van der Waals surface area contributed by atoms with Crippen molar-refractivity contribution in [3.8, 4) is 5.75 Å². The molecular formula is C26H32N4O5. The first-order valence-electron chi connectivity index (χ1n) is 12.8. The van der Waals surface area contributed by atoms with Gasteiger partial charge in [0, 0.05) is 37.9 Å². The van der Waals surface area contributed by atoms with E-state index >= 15 is 0 Å². The minimum Gasteiger partial charge on any atom is -0.490 e. The molecule has 5 aliphatic rings. The Kier molecular flexibility index (Phi) is 5.45. The number of ether oxygens (including phenoxy) is 1. The summed E-state index contributed by atoms with van der Waals surface area (Å²) in [6.45, 7) is 8.03. The maximum atomic E-state index is 13.0. The van der Waals surface area contributed by atoms with Crippen LogP contribution in [0.2, 0.25) is 0 Å². The molecule has 2 saturated carbocycles. The molecule has 2 N–H and O–H groups in total. The molecule has 4 amide bonds. The molecule has 4 atom stereocenters. The Morgan fingerprint density at radius 1 is 1.06 bits per heavy atom. The van der Waals surface area contributed by atoms with Gasteiger partial charge in [-0.2, -0.15) is 0 Å². The van der Waals surface area contributed by atoms with Crippen LogP contribution in [0.4, 0.5) is 0 Å². The third kappa shape index (κ3) is 3.85. The number of hydrogen-bond acceptors (Lipinski definition) is 7. The van der Waals surface area contributed by atoms with Gasteiger partial charge in [-0.3, -0.25) is 34.3 Å². The lowest BCUT2D eigenvalue weighted by Gasteiger charge is -2.45. The third-order valence-electron chi connectivity index (χ3n) is 8.61. The first-order chi connectivity index (χ1) is 16.8. The smallest absolute Gasteiger partial charge is 0.262 e. The van der Waals surface area contributed by atoms with Crippen LogP contribution in [-0.2, 0) is 9.59 Å². The van der Waals surface area contributed by atoms with Gasteiger partial charge >= 0.3 is 0 Å². The van der Waals surface area contributed by atoms with Crippen LogP contribution in [0.1, 0.15) is 60.2 Å². The fraction of sp³-hybridized carbons (Fsp3) is 0.615. The van der Waals surface area contributed by atoms with Crippen molar-refractivity contribution in [2.24, 2.45) is 17.8 Å². The van der Waals surface area contributed by atoms with Crippen molar-refractivity contribution in [1.82, 2.24) is 20.4 Å². The number of rotatable bonds is 7. The molecule has 6 rings (SSSR count). The summed E-state index contributed by atoms with van der Waals surface area (Å²) >= 11 is 0. The third-order valence-corrected chi connectivity index (χ3v) is 8.61. The summed E-state index contributed by atoms with van der Waals surface area (Å²) in [4.78, 5) is 53.2. The molecule has 1 aromatic rings. The van der Waals surface area contributed by atoms with Crippen LogP contribution < -0.4 is 15.4 Å². The number of amides is 4. The molecule has 3 aliphatic heterocycles. The molecule has 2 saturated heterocycles. The minimum atomic E-state index is -0.958. The zero-order valence-electron chi connectivity index (χ0n) is 20.2. The Morgan fingerprint density at radius 2 is 1.77 bits per heavy atom. The molecule has 0 bridgehead atoms. The molecule has 35 heavy (non-hydrogen) atoms. The molecule has 0 spiro atoms. The molecule has 3 heterocycles. The summed E-state index contributed by atoms with van der Waals surface area (Å²) in [5.74, 6) is 1.11. The number of benzene rings is 1. The van der Waals surface area contributed by atoms with Crippen LogP contribution in [0.25, 0.3) is 0 Å². The molecule has 0 radical (unpaired) electrons. The van der Waals surface area contributed by atoms with Gasteiger partial charge < -0.3 is 10.1 Å². The SMILES string of the molecule is CC(C)N(C[C@@H]1C2CNC[C@@H]21)[C@H]1C[C@H](Oc2ccc3c(c2)C(=O)N(C2CCC(=O)NC2=O)C3=O)C1. The lowest BCUT2D eigenvalue weighted by molar-refractivity contribution is -0.136. The molecule has 186 valence electrons. The first kappa shape index (κ1) is 22.7. The average molecular weight is 481 g/mol. The van der Waals surface area contributed by atoms with Gasteiger partial charge in [-0.1, -0.05) is 0 Å². The molecule has 9 heteroatoms. The van der Waals surface area contributed by atoms with E-state index in [1.807, 2.05) is 0 Å². The molecule has 9 nitrogen and oxygen atoms in total. The highest BCUT2D eigenvalue weighted by molar-refractivity contribution is 6.23. The summed E-state index contributed by atoms with van der Waals surface area (Å²) in [6.07, 6.45) is 2.23. The lowest BCUT2D eigenvalue weighted by Crippen LogP contribution is -2.54. The number of fused-ring (bicyclic) bond motifs is 2. The van der Waals surface area contributed by atoms with E-state index in [1.54, 1.807) is 18.2 Å². The van der Waals surface area contributed by atoms with Crippen LogP contribution >= 0.6 is 0 Å². The highest BCUT2D eigenvalue weighted by Gasteiger charge is 2.54. The lowest BCUT2D eigenvalue weighted by atomic mass is 9.86. The van der Waals surface area contributed by atoms with Crippen molar-refractivity contribution in [2.45, 2.75) is 63.8 Å². The highest BCUT2D eigenvalue weighted by Crippen LogP contribution is 2.50. The average Bonchev–Trinajstić information content (AvgIpc) is 3.10. The fourth-order valence-corrected chi connectivity index (χ4v) is 6.46. The normalized spacial score (nSPS) is 33.7. The van der Waals surface area contributed by atoms with Gasteiger partial charge in [0.15, 0.2) is 0 Å². The van der Waals surface area contributed by atoms with E-state index in [9.17, 15) is 19.2 Å². The van der Waals surface area contributed by atoms with Crippen LogP contribution in [0.15, 0.2) is 18.2 Å². The van der Waals surface area contributed by atoms with Crippen molar-refractivity contribution < 1.29 is 23.9 Å². The van der Waals surface area contributed by atoms with Gasteiger partial charge in [-0.05, 0) is 69.3 Å². The Morgan fingerprint density at radius 3 is 2.46 bits per heavy atom. The Hall–Kier alpha value is -2.78. The number of carbonyl (C=O) groups is 4. The van der Waals surface area contributed by atoms with Gasteiger partial charge in [0.1, 0.15) is 17.9 Å². The van der Waals surface area contributed by atoms with E-state index in [0.717, 1.165) is 55.1 Å². The predicted molar refractivity (Wildman–Crippen MR) is 126 cm³/mol. The summed E-state index contributed by atoms with van der Waals surface area (Å²) < 4.78 is 6.19. The van der Waals surface area contributed by atoms with Crippen LogP contribution in [0, 0.1) is 17.8 Å². The molecule has 2 unspecified atom stereocenters. The maximum absolute atomic E-state index is 13.0. The topological polar surface area (TPSA) is 108 Å². The standard InChI is InChI=1S/C26H32N4O5/c1-13(2)29(12-21-19-10-27-11-20(19)21)14-7-16(8-14)35-15-3-4-17-18(9-15)26(34)30(25(17)33)22-5-6-23(31)28-24(22)32/h3-4,9,13-14,16,19-22,27H,5-8,10-12H2,1-2H3,(H,28,31,32)/t14-,16-,19-,20?,21-,22?/m0/s1. The molecule has 0 aromatic heterocycles. The Bertz CT molecular complexity index is 1090. The van der Waals surface area contributed by atoms with Crippen molar-refractivity contribution >= 4 is 23.6 Å². The highest BCUT2D eigenvalue weighted by atomic mass is 16.5. The number of hydrogen-bond donors (Lipinski definition) is 2. The monoisotopic (exact) mass is 480 g/mol. The quantitative estimate of drug-likeness (QED) is 0.564. The summed E-state index contributed by atoms with van der Waals surface area (Å²) in [5.41, 5.74) is 0.528. The maximum Gasteiger partial charge on any atom is 0.262 e. The molecule has 1 aromatic carbocycles. The second kappa shape index (κ2) is 8.41. The van der Waals surface area contributed by atoms with Gasteiger partial charge in [-0.25, -0.2) is 0 Å². The van der Waals surface area contributed by atoms with Gasteiger partial charge in [0.05, 0.1) is 11.1 Å². The van der Waals surface area contributed by atoms with Gasteiger partial charge in [0.2, 0.25) is 11.8 Å². The van der Waals surface area contributed by atoms with E-state index in [0.29, 0.717) is 17.8 Å². The van der Waals surface area contributed by atoms with E-state index in [4.69, 9.17) is 4.74 Å². The number of imide groups is 2. The zero-order valence-corrected chi connectivity index (χ0v) is 20.2. The number of carbonyl (C=O) groups excluding carboxylic acids is 4. The van der Waals surface area contributed by atoms with Crippen molar-refractivity contribution in [2.75, 3.05) is 19.6 Å². The van der Waals surface area contributed by atoms with Crippen LogP contribution in [-0.4, -0.2) is 77.3 Å². The van der Waals surface area contributed by atoms with Crippen molar-refractivity contribution in [1.29, 1.82) is 0 Å². The van der Waals surface area contributed by atoms with Crippen LogP contribution in [0.5, 0.6) is 5.75 Å². The summed E-state index contributed by atoms with van der Waals surface area (Å²) in [6, 6.07) is 5.00. The largest absolute Gasteiger partial charge is 0.490 e. The fourth-order valence-electron chi connectivity index (χ4n) is 6.46. The number of piperidine rings is 2. The van der Waals surface area contributed by atoms with E-state index in [1.165, 1.54) is 0 Å². The Labute approximate surface area is 204 Å². The molecule has 4 fully saturated rings. The second-order valence-corrected chi connectivity index (χ2v) is 11.0. The minimum absolute atomic E-state index is 0.0816. The van der Waals surface area contributed by atoms with Crippen molar-refractivity contribution in [3.05, 3.63) is 29.3 Å². The predicted octanol–water partition coefficient (Wildman–Crippen LogP) is 1.17. The van der Waals surface area contributed by atoms with Crippen molar-refractivity contribution in [3.63, 3.8) is 0 Å². The summed E-state index contributed by atoms with van der Waals surface area (Å²) in [7, 11) is 0. The zero-order chi connectivity index (χ0) is 24.4. The molecule has 2 aliphatic carbocycles. The number of nitrogens with zero attached hydrogens (tertiary/aromatic N) is 2. The van der Waals surface area contributed by atoms with E-state index in [2.05, 4.69) is 29.4 Å². The molecular weight excluding hydrogens is 448 g/mol. The number of nitrogens with one attached hydrogen (secondary N) is 2. The van der Waals surface area contributed by atoms with Gasteiger partial charge in [0.25, 0.3) is 11.8 Å². The van der Waals surface area contributed by atoms with E-state index < -0.39 is 23.8 Å². The van der Waals surface area contributed by atoms with Crippen LogP contribution in [0.3, 0.4) is 0 Å². The van der Waals surface area contributed by atoms with E-state index in [-0.39, 0.29) is 36.0 Å². The van der Waals surface area contributed by atoms with Gasteiger partial charge in [-0.15, -0.1) is 0 Å². The first-order valence-corrected chi connectivity index (χ1v) is 12.8. The second-order valence-electron chi connectivity index (χ2n) is 11.0.